The van der Waals surface area contributed by atoms with Gasteiger partial charge in [-0.1, -0.05) is 13.8 Å². The summed E-state index contributed by atoms with van der Waals surface area (Å²) in [5.41, 5.74) is 0.325. The minimum absolute atomic E-state index is 0.325. The minimum Gasteiger partial charge on any atom is -0.312 e. The largest absolute Gasteiger partial charge is 0.312 e. The maximum atomic E-state index is 3.64. The van der Waals surface area contributed by atoms with Gasteiger partial charge in [-0.2, -0.15) is 0 Å². The second-order valence-electron chi connectivity index (χ2n) is 5.52. The topological polar surface area (TPSA) is 15.3 Å². The summed E-state index contributed by atoms with van der Waals surface area (Å²) >= 11 is 0. The zero-order chi connectivity index (χ0) is 11.5. The molecule has 0 heterocycles. The van der Waals surface area contributed by atoms with E-state index in [1.54, 1.807) is 0 Å². The van der Waals surface area contributed by atoms with Gasteiger partial charge in [0.15, 0.2) is 0 Å². The van der Waals surface area contributed by atoms with Crippen LogP contribution in [0.1, 0.15) is 53.4 Å². The second kappa shape index (κ2) is 5.31. The van der Waals surface area contributed by atoms with E-state index in [4.69, 9.17) is 0 Å². The molecule has 1 aliphatic carbocycles. The predicted octanol–water partition coefficient (Wildman–Crippen LogP) is 2.64. The van der Waals surface area contributed by atoms with Gasteiger partial charge < -0.3 is 5.32 Å². The fraction of sp³-hybridized carbons (Fsp3) is 1.00. The van der Waals surface area contributed by atoms with Crippen LogP contribution >= 0.6 is 0 Å². The highest BCUT2D eigenvalue weighted by atomic mass is 15.2. The van der Waals surface area contributed by atoms with Gasteiger partial charge in [-0.25, -0.2) is 0 Å². The van der Waals surface area contributed by atoms with Gasteiger partial charge in [-0.15, -0.1) is 0 Å². The van der Waals surface area contributed by atoms with E-state index in [-0.39, 0.29) is 0 Å². The second-order valence-corrected chi connectivity index (χ2v) is 5.52. The number of rotatable bonds is 7. The number of hydrogen-bond acceptors (Lipinski definition) is 2. The number of hydrogen-bond donors (Lipinski definition) is 1. The van der Waals surface area contributed by atoms with E-state index in [0.717, 1.165) is 12.6 Å². The molecule has 1 fully saturated rings. The van der Waals surface area contributed by atoms with Gasteiger partial charge in [0, 0.05) is 24.2 Å². The fourth-order valence-electron chi connectivity index (χ4n) is 1.89. The Morgan fingerprint density at radius 2 is 1.93 bits per heavy atom. The first kappa shape index (κ1) is 13.0. The molecular formula is C13H28N2. The van der Waals surface area contributed by atoms with Gasteiger partial charge in [0.2, 0.25) is 0 Å². The zero-order valence-corrected chi connectivity index (χ0v) is 11.1. The Hall–Kier alpha value is -0.0800. The first-order chi connectivity index (χ1) is 7.01. The molecule has 0 radical (unpaired) electrons. The highest BCUT2D eigenvalue weighted by Crippen LogP contribution is 2.22. The molecule has 1 rings (SSSR count). The summed E-state index contributed by atoms with van der Waals surface area (Å²) in [6.45, 7) is 10.4. The molecule has 0 aliphatic heterocycles. The number of nitrogens with zero attached hydrogens (tertiary/aromatic N) is 1. The molecule has 90 valence electrons. The van der Waals surface area contributed by atoms with Crippen molar-refractivity contribution in [3.63, 3.8) is 0 Å². The van der Waals surface area contributed by atoms with Crippen LogP contribution in [-0.2, 0) is 0 Å². The first-order valence-corrected chi connectivity index (χ1v) is 6.47. The molecule has 1 atom stereocenters. The van der Waals surface area contributed by atoms with Crippen LogP contribution < -0.4 is 5.32 Å². The van der Waals surface area contributed by atoms with E-state index in [0.29, 0.717) is 11.6 Å². The summed E-state index contributed by atoms with van der Waals surface area (Å²) in [7, 11) is 2.27. The van der Waals surface area contributed by atoms with Crippen LogP contribution in [0.4, 0.5) is 0 Å². The first-order valence-electron chi connectivity index (χ1n) is 6.47. The third-order valence-electron chi connectivity index (χ3n) is 4.06. The normalized spacial score (nSPS) is 19.6. The van der Waals surface area contributed by atoms with Gasteiger partial charge in [0.1, 0.15) is 0 Å². The molecule has 2 heteroatoms. The van der Waals surface area contributed by atoms with Crippen molar-refractivity contribution < 1.29 is 0 Å². The lowest BCUT2D eigenvalue weighted by Crippen LogP contribution is -2.50. The van der Waals surface area contributed by atoms with E-state index in [1.807, 2.05) is 0 Å². The van der Waals surface area contributed by atoms with Gasteiger partial charge >= 0.3 is 0 Å². The van der Waals surface area contributed by atoms with Crippen LogP contribution in [-0.4, -0.2) is 36.1 Å². The third kappa shape index (κ3) is 3.76. The summed E-state index contributed by atoms with van der Waals surface area (Å²) in [6, 6.07) is 1.51. The molecule has 0 aromatic rings. The third-order valence-corrected chi connectivity index (χ3v) is 4.06. The maximum Gasteiger partial charge on any atom is 0.0220 e. The van der Waals surface area contributed by atoms with E-state index >= 15 is 0 Å². The molecule has 0 aromatic heterocycles. The van der Waals surface area contributed by atoms with Crippen LogP contribution in [0, 0.1) is 0 Å². The molecule has 1 saturated carbocycles. The lowest BCUT2D eigenvalue weighted by atomic mass is 9.97. The Balaban J connectivity index is 2.40. The molecule has 0 amide bonds. The van der Waals surface area contributed by atoms with Crippen molar-refractivity contribution in [3.8, 4) is 0 Å². The summed E-state index contributed by atoms with van der Waals surface area (Å²) in [4.78, 5) is 2.54. The van der Waals surface area contributed by atoms with Gasteiger partial charge in [0.05, 0.1) is 0 Å². The molecule has 1 unspecified atom stereocenters. The van der Waals surface area contributed by atoms with E-state index in [2.05, 4.69) is 45.0 Å². The maximum absolute atomic E-state index is 3.64. The van der Waals surface area contributed by atoms with Gasteiger partial charge in [-0.3, -0.25) is 4.90 Å². The smallest absolute Gasteiger partial charge is 0.0220 e. The Morgan fingerprint density at radius 3 is 2.33 bits per heavy atom. The number of likely N-dealkylation sites (N-methyl/N-ethyl adjacent to an activating group) is 1. The van der Waals surface area contributed by atoms with Crippen molar-refractivity contribution >= 4 is 0 Å². The molecule has 0 aromatic carbocycles. The fourth-order valence-corrected chi connectivity index (χ4v) is 1.89. The minimum atomic E-state index is 0.325. The number of nitrogens with one attached hydrogen (secondary N) is 1. The molecule has 0 spiro atoms. The Labute approximate surface area is 95.4 Å². The highest BCUT2D eigenvalue weighted by Gasteiger charge is 2.28. The SMILES string of the molecule is CCC(CNC1CC1)N(C)C(C)(C)CC. The molecule has 2 nitrogen and oxygen atoms in total. The van der Waals surface area contributed by atoms with Crippen LogP contribution in [0.3, 0.4) is 0 Å². The van der Waals surface area contributed by atoms with Crippen LogP contribution in [0.5, 0.6) is 0 Å². The van der Waals surface area contributed by atoms with E-state index in [1.165, 1.54) is 25.7 Å². The molecule has 15 heavy (non-hydrogen) atoms. The average molecular weight is 212 g/mol. The van der Waals surface area contributed by atoms with Crippen LogP contribution in [0.2, 0.25) is 0 Å². The predicted molar refractivity (Wildman–Crippen MR) is 67.2 cm³/mol. The summed E-state index contributed by atoms with van der Waals surface area (Å²) < 4.78 is 0. The summed E-state index contributed by atoms with van der Waals surface area (Å²) in [6.07, 6.45) is 5.22. The molecular weight excluding hydrogens is 184 g/mol. The van der Waals surface area contributed by atoms with Crippen molar-refractivity contribution in [1.29, 1.82) is 0 Å². The van der Waals surface area contributed by atoms with Gasteiger partial charge in [0.25, 0.3) is 0 Å². The van der Waals surface area contributed by atoms with Crippen LogP contribution in [0.15, 0.2) is 0 Å². The molecule has 1 aliphatic rings. The Bertz CT molecular complexity index is 185. The summed E-state index contributed by atoms with van der Waals surface area (Å²) in [5, 5.41) is 3.64. The van der Waals surface area contributed by atoms with Crippen molar-refractivity contribution in [2.45, 2.75) is 71.0 Å². The van der Waals surface area contributed by atoms with Gasteiger partial charge in [-0.05, 0) is 46.6 Å². The zero-order valence-electron chi connectivity index (χ0n) is 11.1. The summed E-state index contributed by atoms with van der Waals surface area (Å²) in [5.74, 6) is 0. The van der Waals surface area contributed by atoms with Crippen molar-refractivity contribution in [3.05, 3.63) is 0 Å². The van der Waals surface area contributed by atoms with Crippen molar-refractivity contribution in [2.24, 2.45) is 0 Å². The standard InChI is InChI=1S/C13H28N2/c1-6-12(10-14-11-8-9-11)15(5)13(3,4)7-2/h11-12,14H,6-10H2,1-5H3. The molecule has 0 bridgehead atoms. The average Bonchev–Trinajstić information content (AvgIpc) is 3.02. The van der Waals surface area contributed by atoms with Crippen molar-refractivity contribution in [1.82, 2.24) is 10.2 Å². The van der Waals surface area contributed by atoms with E-state index < -0.39 is 0 Å². The Kier molecular flexibility index (Phi) is 4.60. The Morgan fingerprint density at radius 1 is 1.33 bits per heavy atom. The highest BCUT2D eigenvalue weighted by molar-refractivity contribution is 4.87. The lowest BCUT2D eigenvalue weighted by molar-refractivity contribution is 0.0932. The lowest BCUT2D eigenvalue weighted by Gasteiger charge is -2.40. The molecule has 0 saturated heterocycles. The quantitative estimate of drug-likeness (QED) is 0.698. The molecule has 1 N–H and O–H groups in total. The van der Waals surface area contributed by atoms with E-state index in [9.17, 15) is 0 Å². The monoisotopic (exact) mass is 212 g/mol. The van der Waals surface area contributed by atoms with Crippen molar-refractivity contribution in [2.75, 3.05) is 13.6 Å². The van der Waals surface area contributed by atoms with Crippen LogP contribution in [0.25, 0.3) is 0 Å².